The Morgan fingerprint density at radius 3 is 2.90 bits per heavy atom. The van der Waals surface area contributed by atoms with Crippen molar-refractivity contribution in [2.45, 2.75) is 0 Å². The van der Waals surface area contributed by atoms with E-state index in [4.69, 9.17) is 29.6 Å². The first kappa shape index (κ1) is 14.7. The lowest BCUT2D eigenvalue weighted by atomic mass is 10.2. The average molecular weight is 399 g/mol. The number of rotatable bonds is 3. The second-order valence-corrected chi connectivity index (χ2v) is 7.04. The number of fused-ring (bicyclic) bond motifs is 1. The largest absolute Gasteiger partial charge is 0.389 e. The molecule has 7 heteroatoms. The number of benzene rings is 2. The summed E-state index contributed by atoms with van der Waals surface area (Å²) in [4.78, 5) is 4.86. The van der Waals surface area contributed by atoms with Crippen LogP contribution in [0.2, 0.25) is 5.02 Å². The zero-order valence-electron chi connectivity index (χ0n) is 10.6. The summed E-state index contributed by atoms with van der Waals surface area (Å²) < 4.78 is 1.88. The lowest BCUT2D eigenvalue weighted by molar-refractivity contribution is 1.43. The fourth-order valence-corrected chi connectivity index (χ4v) is 4.03. The molecule has 0 spiro atoms. The first-order chi connectivity index (χ1) is 10.0. The van der Waals surface area contributed by atoms with Gasteiger partial charge in [-0.25, -0.2) is 4.98 Å². The minimum absolute atomic E-state index is 0.328. The summed E-state index contributed by atoms with van der Waals surface area (Å²) in [7, 11) is 0. The van der Waals surface area contributed by atoms with E-state index in [1.165, 1.54) is 11.3 Å². The minimum Gasteiger partial charge on any atom is -0.389 e. The molecule has 3 N–H and O–H groups in total. The number of thiocarbonyl (C=S) groups is 1. The number of nitrogens with two attached hydrogens (primary N) is 1. The van der Waals surface area contributed by atoms with Crippen LogP contribution in [-0.2, 0) is 0 Å². The van der Waals surface area contributed by atoms with E-state index in [9.17, 15) is 0 Å². The van der Waals surface area contributed by atoms with Crippen LogP contribution in [0.4, 0.5) is 10.8 Å². The molecular formula is C14H9BrClN3S2. The van der Waals surface area contributed by atoms with Crippen molar-refractivity contribution in [2.75, 3.05) is 5.32 Å². The topological polar surface area (TPSA) is 50.9 Å². The van der Waals surface area contributed by atoms with Gasteiger partial charge in [0.2, 0.25) is 0 Å². The Balaban J connectivity index is 2.02. The Morgan fingerprint density at radius 2 is 2.14 bits per heavy atom. The molecule has 21 heavy (non-hydrogen) atoms. The van der Waals surface area contributed by atoms with Crippen LogP contribution in [0, 0.1) is 0 Å². The van der Waals surface area contributed by atoms with Gasteiger partial charge in [0, 0.05) is 15.1 Å². The molecule has 0 amide bonds. The highest BCUT2D eigenvalue weighted by Gasteiger charge is 2.11. The molecule has 0 aliphatic heterocycles. The molecule has 3 nitrogen and oxygen atoms in total. The van der Waals surface area contributed by atoms with Crippen molar-refractivity contribution < 1.29 is 0 Å². The van der Waals surface area contributed by atoms with Gasteiger partial charge >= 0.3 is 0 Å². The van der Waals surface area contributed by atoms with Gasteiger partial charge in [-0.2, -0.15) is 0 Å². The molecule has 0 radical (unpaired) electrons. The first-order valence-corrected chi connectivity index (χ1v) is 8.35. The number of nitrogens with zero attached hydrogens (tertiary/aromatic N) is 1. The number of hydrogen-bond donors (Lipinski definition) is 2. The summed E-state index contributed by atoms with van der Waals surface area (Å²) in [6.07, 6.45) is 0. The summed E-state index contributed by atoms with van der Waals surface area (Å²) in [5.41, 5.74) is 8.28. The van der Waals surface area contributed by atoms with Gasteiger partial charge in [-0.05, 0) is 46.3 Å². The van der Waals surface area contributed by atoms with E-state index in [0.717, 1.165) is 31.1 Å². The molecule has 3 aromatic rings. The smallest absolute Gasteiger partial charge is 0.188 e. The maximum Gasteiger partial charge on any atom is 0.188 e. The van der Waals surface area contributed by atoms with Crippen LogP contribution in [0.15, 0.2) is 40.9 Å². The van der Waals surface area contributed by atoms with E-state index in [-0.39, 0.29) is 0 Å². The van der Waals surface area contributed by atoms with Crippen LogP contribution >= 0.6 is 51.1 Å². The van der Waals surface area contributed by atoms with Crippen LogP contribution in [0.1, 0.15) is 5.56 Å². The van der Waals surface area contributed by atoms with Gasteiger partial charge in [-0.15, -0.1) is 0 Å². The third-order valence-corrected chi connectivity index (χ3v) is 4.89. The molecule has 3 rings (SSSR count). The summed E-state index contributed by atoms with van der Waals surface area (Å²) in [5, 5.41) is 4.74. The summed E-state index contributed by atoms with van der Waals surface area (Å²) in [5.74, 6) is 0. The molecule has 0 atom stereocenters. The van der Waals surface area contributed by atoms with Gasteiger partial charge in [0.15, 0.2) is 5.13 Å². The lowest BCUT2D eigenvalue weighted by Crippen LogP contribution is -2.12. The predicted octanol–water partition coefficient (Wildman–Crippen LogP) is 5.09. The summed E-state index contributed by atoms with van der Waals surface area (Å²) in [6.45, 7) is 0. The van der Waals surface area contributed by atoms with Crippen molar-refractivity contribution in [1.29, 1.82) is 0 Å². The number of halogens is 2. The van der Waals surface area contributed by atoms with Crippen LogP contribution < -0.4 is 11.1 Å². The monoisotopic (exact) mass is 397 g/mol. The van der Waals surface area contributed by atoms with Gasteiger partial charge in [0.25, 0.3) is 0 Å². The zero-order chi connectivity index (χ0) is 15.0. The number of nitrogens with one attached hydrogen (secondary N) is 1. The van der Waals surface area contributed by atoms with Crippen LogP contribution in [-0.4, -0.2) is 9.97 Å². The lowest BCUT2D eigenvalue weighted by Gasteiger charge is -2.10. The molecule has 0 bridgehead atoms. The highest BCUT2D eigenvalue weighted by molar-refractivity contribution is 9.10. The second-order valence-electron chi connectivity index (χ2n) is 4.28. The molecule has 106 valence electrons. The third-order valence-electron chi connectivity index (χ3n) is 2.85. The molecular weight excluding hydrogens is 390 g/mol. The Kier molecular flexibility index (Phi) is 4.12. The molecule has 0 saturated carbocycles. The summed E-state index contributed by atoms with van der Waals surface area (Å²) in [6, 6.07) is 11.4. The van der Waals surface area contributed by atoms with E-state index >= 15 is 0 Å². The maximum atomic E-state index is 5.99. The minimum atomic E-state index is 0.328. The molecule has 0 fully saturated rings. The van der Waals surface area contributed by atoms with E-state index in [2.05, 4.69) is 26.2 Å². The fraction of sp³-hybridized carbons (Fsp3) is 0. The second kappa shape index (κ2) is 5.88. The molecule has 2 aromatic carbocycles. The molecule has 1 aromatic heterocycles. The maximum absolute atomic E-state index is 5.99. The van der Waals surface area contributed by atoms with E-state index in [1.54, 1.807) is 0 Å². The quantitative estimate of drug-likeness (QED) is 0.603. The van der Waals surface area contributed by atoms with Gasteiger partial charge in [0.05, 0.1) is 15.9 Å². The Bertz CT molecular complexity index is 847. The van der Waals surface area contributed by atoms with Crippen molar-refractivity contribution in [1.82, 2.24) is 4.98 Å². The third kappa shape index (κ3) is 3.03. The highest BCUT2D eigenvalue weighted by Crippen LogP contribution is 2.32. The number of hydrogen-bond acceptors (Lipinski definition) is 4. The Morgan fingerprint density at radius 1 is 1.33 bits per heavy atom. The van der Waals surface area contributed by atoms with Crippen molar-refractivity contribution in [3.63, 3.8) is 0 Å². The van der Waals surface area contributed by atoms with Crippen LogP contribution in [0.5, 0.6) is 0 Å². The van der Waals surface area contributed by atoms with Crippen molar-refractivity contribution in [3.8, 4) is 0 Å². The SMILES string of the molecule is NC(=S)c1c(Br)cccc1Nc1nc2ccc(Cl)cc2s1. The number of aromatic nitrogens is 1. The van der Waals surface area contributed by atoms with Gasteiger partial charge < -0.3 is 11.1 Å². The van der Waals surface area contributed by atoms with Crippen LogP contribution in [0.3, 0.4) is 0 Å². The molecule has 0 unspecified atom stereocenters. The number of thiazole rings is 1. The Hall–Kier alpha value is -1.21. The zero-order valence-corrected chi connectivity index (χ0v) is 14.5. The fourth-order valence-electron chi connectivity index (χ4n) is 1.95. The number of anilines is 2. The highest BCUT2D eigenvalue weighted by atomic mass is 79.9. The van der Waals surface area contributed by atoms with E-state index in [0.29, 0.717) is 10.0 Å². The van der Waals surface area contributed by atoms with Crippen molar-refractivity contribution >= 4 is 77.1 Å². The van der Waals surface area contributed by atoms with Crippen LogP contribution in [0.25, 0.3) is 10.2 Å². The average Bonchev–Trinajstić information content (AvgIpc) is 2.79. The van der Waals surface area contributed by atoms with Gasteiger partial charge in [-0.1, -0.05) is 41.2 Å². The van der Waals surface area contributed by atoms with E-state index < -0.39 is 0 Å². The Labute approximate surface area is 144 Å². The molecule has 0 aliphatic rings. The molecule has 0 saturated heterocycles. The predicted molar refractivity (Wildman–Crippen MR) is 97.9 cm³/mol. The van der Waals surface area contributed by atoms with Crippen molar-refractivity contribution in [3.05, 3.63) is 51.5 Å². The standard InChI is InChI=1S/C14H9BrClN3S2/c15-8-2-1-3-10(12(8)13(17)20)19-14-18-9-5-4-7(16)6-11(9)21-14/h1-6H,(H2,17,20)(H,18,19). The first-order valence-electron chi connectivity index (χ1n) is 5.96. The van der Waals surface area contributed by atoms with Crippen molar-refractivity contribution in [2.24, 2.45) is 5.73 Å². The molecule has 0 aliphatic carbocycles. The summed E-state index contributed by atoms with van der Waals surface area (Å²) >= 11 is 16.1. The van der Waals surface area contributed by atoms with Gasteiger partial charge in [-0.3, -0.25) is 0 Å². The normalized spacial score (nSPS) is 10.8. The van der Waals surface area contributed by atoms with Gasteiger partial charge in [0.1, 0.15) is 4.99 Å². The molecule has 1 heterocycles. The van der Waals surface area contributed by atoms with E-state index in [1.807, 2.05) is 36.4 Å².